The van der Waals surface area contributed by atoms with E-state index in [0.29, 0.717) is 42.8 Å². The van der Waals surface area contributed by atoms with Crippen LogP contribution in [-0.2, 0) is 32.6 Å². The first-order valence-corrected chi connectivity index (χ1v) is 11.7. The van der Waals surface area contributed by atoms with E-state index in [0.717, 1.165) is 5.56 Å². The number of para-hydroxylation sites is 1. The van der Waals surface area contributed by atoms with Crippen LogP contribution in [0.3, 0.4) is 0 Å². The maximum Gasteiger partial charge on any atom is 0.261 e. The summed E-state index contributed by atoms with van der Waals surface area (Å²) in [6.45, 7) is 2.97. The molecule has 32 heavy (non-hydrogen) atoms. The van der Waals surface area contributed by atoms with Crippen LogP contribution in [0, 0.1) is 6.92 Å². The van der Waals surface area contributed by atoms with Crippen LogP contribution >= 0.6 is 0 Å². The van der Waals surface area contributed by atoms with Gasteiger partial charge in [-0.05, 0) is 30.2 Å². The first-order chi connectivity index (χ1) is 15.4. The second-order valence-corrected chi connectivity index (χ2v) is 9.46. The van der Waals surface area contributed by atoms with Crippen LogP contribution in [0.4, 0.5) is 0 Å². The van der Waals surface area contributed by atoms with E-state index in [1.165, 1.54) is 21.3 Å². The minimum absolute atomic E-state index is 0.0213. The number of benzene rings is 2. The highest BCUT2D eigenvalue weighted by molar-refractivity contribution is 7.89. The van der Waals surface area contributed by atoms with Gasteiger partial charge in [0.15, 0.2) is 0 Å². The van der Waals surface area contributed by atoms with E-state index in [-0.39, 0.29) is 23.5 Å². The standard InChI is InChI=1S/C22H24N4O5S/c1-16-5-4-7-18-21(16)24-15-25(22(18)28)14-20(27)23-13-17-6-2-3-8-19(17)32(29,30)26-9-11-31-12-10-26/h2-8,15H,9-14H2,1H3,(H,23,27). The molecule has 1 N–H and O–H groups in total. The number of nitrogens with one attached hydrogen (secondary N) is 1. The van der Waals surface area contributed by atoms with Crippen LogP contribution in [0.1, 0.15) is 11.1 Å². The fourth-order valence-corrected chi connectivity index (χ4v) is 5.31. The topological polar surface area (TPSA) is 111 Å². The highest BCUT2D eigenvalue weighted by Crippen LogP contribution is 2.21. The summed E-state index contributed by atoms with van der Waals surface area (Å²) in [6.07, 6.45) is 1.36. The number of fused-ring (bicyclic) bond motifs is 1. The van der Waals surface area contributed by atoms with Gasteiger partial charge in [-0.1, -0.05) is 30.3 Å². The molecule has 10 heteroatoms. The van der Waals surface area contributed by atoms with Gasteiger partial charge in [-0.25, -0.2) is 13.4 Å². The lowest BCUT2D eigenvalue weighted by atomic mass is 10.1. The third kappa shape index (κ3) is 4.43. The maximum atomic E-state index is 13.0. The summed E-state index contributed by atoms with van der Waals surface area (Å²) in [4.78, 5) is 29.7. The molecule has 168 valence electrons. The van der Waals surface area contributed by atoms with Crippen molar-refractivity contribution in [3.05, 3.63) is 70.3 Å². The van der Waals surface area contributed by atoms with Crippen molar-refractivity contribution >= 4 is 26.8 Å². The molecular weight excluding hydrogens is 432 g/mol. The number of sulfonamides is 1. The Bertz CT molecular complexity index is 1310. The molecule has 0 unspecified atom stereocenters. The SMILES string of the molecule is Cc1cccc2c(=O)n(CC(=O)NCc3ccccc3S(=O)(=O)N3CCOCC3)cnc12. The molecule has 0 saturated carbocycles. The lowest BCUT2D eigenvalue weighted by Gasteiger charge is -2.27. The lowest BCUT2D eigenvalue weighted by molar-refractivity contribution is -0.121. The minimum Gasteiger partial charge on any atom is -0.379 e. The molecule has 1 fully saturated rings. The Labute approximate surface area is 185 Å². The summed E-state index contributed by atoms with van der Waals surface area (Å²) >= 11 is 0. The first-order valence-electron chi connectivity index (χ1n) is 10.2. The quantitative estimate of drug-likeness (QED) is 0.594. The van der Waals surface area contributed by atoms with Crippen molar-refractivity contribution < 1.29 is 17.9 Å². The number of hydrogen-bond donors (Lipinski definition) is 1. The molecule has 1 aliphatic rings. The molecule has 1 aromatic heterocycles. The van der Waals surface area contributed by atoms with Crippen molar-refractivity contribution in [2.45, 2.75) is 24.9 Å². The van der Waals surface area contributed by atoms with Crippen molar-refractivity contribution in [1.29, 1.82) is 0 Å². The predicted octanol–water partition coefficient (Wildman–Crippen LogP) is 1.04. The number of carbonyl (C=O) groups excluding carboxylic acids is 1. The predicted molar refractivity (Wildman–Crippen MR) is 119 cm³/mol. The van der Waals surface area contributed by atoms with Gasteiger partial charge in [0.2, 0.25) is 15.9 Å². The van der Waals surface area contributed by atoms with E-state index < -0.39 is 15.9 Å². The van der Waals surface area contributed by atoms with E-state index in [1.54, 1.807) is 30.3 Å². The van der Waals surface area contributed by atoms with Gasteiger partial charge in [0.05, 0.1) is 35.3 Å². The van der Waals surface area contributed by atoms with Gasteiger partial charge >= 0.3 is 0 Å². The van der Waals surface area contributed by atoms with Crippen LogP contribution in [0.5, 0.6) is 0 Å². The second kappa shape index (κ2) is 9.19. The fraction of sp³-hybridized carbons (Fsp3) is 0.318. The van der Waals surface area contributed by atoms with E-state index in [2.05, 4.69) is 10.3 Å². The van der Waals surface area contributed by atoms with Gasteiger partial charge in [-0.3, -0.25) is 14.2 Å². The summed E-state index contributed by atoms with van der Waals surface area (Å²) in [5.74, 6) is -0.417. The van der Waals surface area contributed by atoms with E-state index >= 15 is 0 Å². The van der Waals surface area contributed by atoms with Gasteiger partial charge in [-0.15, -0.1) is 0 Å². The number of carbonyl (C=O) groups is 1. The lowest BCUT2D eigenvalue weighted by Crippen LogP contribution is -2.41. The number of hydrogen-bond acceptors (Lipinski definition) is 6. The Kier molecular flexibility index (Phi) is 6.35. The third-order valence-electron chi connectivity index (χ3n) is 5.41. The van der Waals surface area contributed by atoms with Gasteiger partial charge in [0.1, 0.15) is 6.54 Å². The minimum atomic E-state index is -3.70. The molecule has 0 spiro atoms. The summed E-state index contributed by atoms with van der Waals surface area (Å²) in [5.41, 5.74) is 1.67. The zero-order valence-corrected chi connectivity index (χ0v) is 18.5. The van der Waals surface area contributed by atoms with Crippen LogP contribution in [0.25, 0.3) is 10.9 Å². The Morgan fingerprint density at radius 3 is 2.66 bits per heavy atom. The summed E-state index contributed by atoms with van der Waals surface area (Å²) in [5, 5.41) is 3.16. The third-order valence-corrected chi connectivity index (χ3v) is 7.40. The first kappa shape index (κ1) is 22.1. The van der Waals surface area contributed by atoms with Gasteiger partial charge in [0, 0.05) is 19.6 Å². The van der Waals surface area contributed by atoms with Gasteiger partial charge in [-0.2, -0.15) is 4.31 Å². The molecule has 0 aliphatic carbocycles. The van der Waals surface area contributed by atoms with E-state index in [9.17, 15) is 18.0 Å². The normalized spacial score (nSPS) is 15.0. The molecule has 2 aromatic carbocycles. The smallest absolute Gasteiger partial charge is 0.261 e. The Morgan fingerprint density at radius 2 is 1.88 bits per heavy atom. The van der Waals surface area contributed by atoms with Crippen molar-refractivity contribution in [2.75, 3.05) is 26.3 Å². The average Bonchev–Trinajstić information content (AvgIpc) is 2.81. The summed E-state index contributed by atoms with van der Waals surface area (Å²) in [6, 6.07) is 11.9. The summed E-state index contributed by atoms with van der Waals surface area (Å²) in [7, 11) is -3.70. The Balaban J connectivity index is 1.49. The van der Waals surface area contributed by atoms with E-state index in [4.69, 9.17) is 4.74 Å². The molecule has 2 heterocycles. The number of aromatic nitrogens is 2. The number of aryl methyl sites for hydroxylation is 1. The van der Waals surface area contributed by atoms with Crippen LogP contribution in [0.15, 0.2) is 58.5 Å². The molecule has 0 atom stereocenters. The molecule has 9 nitrogen and oxygen atoms in total. The second-order valence-electron chi connectivity index (χ2n) is 7.55. The highest BCUT2D eigenvalue weighted by Gasteiger charge is 2.28. The molecule has 0 bridgehead atoms. The molecule has 0 radical (unpaired) electrons. The van der Waals surface area contributed by atoms with Crippen molar-refractivity contribution in [3.8, 4) is 0 Å². The zero-order chi connectivity index (χ0) is 22.7. The number of ether oxygens (including phenoxy) is 1. The van der Waals surface area contributed by atoms with Crippen LogP contribution < -0.4 is 10.9 Å². The Morgan fingerprint density at radius 1 is 1.12 bits per heavy atom. The fourth-order valence-electron chi connectivity index (χ4n) is 3.68. The Hall–Kier alpha value is -3.08. The molecule has 3 aromatic rings. The number of amides is 1. The molecule has 4 rings (SSSR count). The average molecular weight is 457 g/mol. The maximum absolute atomic E-state index is 13.0. The van der Waals surface area contributed by atoms with Crippen LogP contribution in [-0.4, -0.2) is 54.5 Å². The van der Waals surface area contributed by atoms with Crippen LogP contribution in [0.2, 0.25) is 0 Å². The monoisotopic (exact) mass is 456 g/mol. The summed E-state index contributed by atoms with van der Waals surface area (Å²) < 4.78 is 34.0. The van der Waals surface area contributed by atoms with Gasteiger partial charge in [0.25, 0.3) is 5.56 Å². The molecular formula is C22H24N4O5S. The van der Waals surface area contributed by atoms with Crippen molar-refractivity contribution in [2.24, 2.45) is 0 Å². The van der Waals surface area contributed by atoms with Crippen molar-refractivity contribution in [3.63, 3.8) is 0 Å². The molecule has 1 saturated heterocycles. The van der Waals surface area contributed by atoms with E-state index in [1.807, 2.05) is 13.0 Å². The van der Waals surface area contributed by atoms with Crippen molar-refractivity contribution in [1.82, 2.24) is 19.2 Å². The highest BCUT2D eigenvalue weighted by atomic mass is 32.2. The number of rotatable bonds is 6. The largest absolute Gasteiger partial charge is 0.379 e. The molecule has 1 amide bonds. The number of nitrogens with zero attached hydrogens (tertiary/aromatic N) is 3. The number of morpholine rings is 1. The zero-order valence-electron chi connectivity index (χ0n) is 17.7. The molecule has 1 aliphatic heterocycles. The van der Waals surface area contributed by atoms with Gasteiger partial charge < -0.3 is 10.1 Å².